The Bertz CT molecular complexity index is 95.0. The van der Waals surface area contributed by atoms with Crippen molar-refractivity contribution >= 4 is 3.91 Å². The van der Waals surface area contributed by atoms with Crippen LogP contribution in [0, 0.1) is 0 Å². The van der Waals surface area contributed by atoms with Gasteiger partial charge in [0.15, 0.2) is 0 Å². The predicted molar refractivity (Wildman–Crippen MR) is 30.7 cm³/mol. The van der Waals surface area contributed by atoms with Crippen molar-refractivity contribution in [2.75, 3.05) is 7.11 Å². The van der Waals surface area contributed by atoms with Crippen LogP contribution in [0.4, 0.5) is 4.79 Å². The molecule has 0 heterocycles. The van der Waals surface area contributed by atoms with E-state index < -0.39 is 0 Å². The zero-order chi connectivity index (χ0) is 7.28. The van der Waals surface area contributed by atoms with Crippen molar-refractivity contribution in [2.24, 2.45) is 0 Å². The van der Waals surface area contributed by atoms with Gasteiger partial charge >= 0.3 is 65.1 Å². The fourth-order valence-electron chi connectivity index (χ4n) is 0.301. The molecule has 0 radical (unpaired) electrons. The van der Waals surface area contributed by atoms with Gasteiger partial charge in [-0.15, -0.1) is 0 Å². The van der Waals surface area contributed by atoms with Gasteiger partial charge in [-0.2, -0.15) is 0 Å². The molecule has 1 N–H and O–H groups in total. The van der Waals surface area contributed by atoms with Crippen LogP contribution in [-0.4, -0.2) is 14.9 Å². The molecule has 0 saturated carbocycles. The number of carbonyl (C=O) groups excluding carboxylic acids is 1. The van der Waals surface area contributed by atoms with Crippen LogP contribution in [0.1, 0.15) is 13.8 Å². The molecule has 3 nitrogen and oxygen atoms in total. The minimum absolute atomic E-state index is 0.0475. The van der Waals surface area contributed by atoms with E-state index in [1.165, 1.54) is 7.11 Å². The van der Waals surface area contributed by atoms with E-state index in [9.17, 15) is 4.79 Å². The van der Waals surface area contributed by atoms with Crippen molar-refractivity contribution in [1.29, 1.82) is 0 Å². The summed E-state index contributed by atoms with van der Waals surface area (Å²) in [6.45, 7) is 4.06. The van der Waals surface area contributed by atoms with Crippen LogP contribution in [-0.2, 0) is 4.84 Å². The molecule has 0 aromatic carbocycles. The van der Waals surface area contributed by atoms with Gasteiger partial charge in [0, 0.05) is 0 Å². The molecule has 0 aromatic heterocycles. The molecule has 0 fully saturated rings. The normalized spacial score (nSPS) is 10.2. The Kier molecular flexibility index (Phi) is 5.07. The second-order valence-electron chi connectivity index (χ2n) is 1.70. The number of rotatable bonds is 3. The fraction of sp³-hybridized carbons (Fsp3) is 0.800. The van der Waals surface area contributed by atoms with Crippen molar-refractivity contribution in [2.45, 2.75) is 17.8 Å². The fourth-order valence-corrected chi connectivity index (χ4v) is 1.78. The third-order valence-corrected chi connectivity index (χ3v) is 2.53. The summed E-state index contributed by atoms with van der Waals surface area (Å²) in [7, 11) is 1.45. The Morgan fingerprint density at radius 3 is 2.56 bits per heavy atom. The van der Waals surface area contributed by atoms with E-state index in [0.29, 0.717) is 3.92 Å². The summed E-state index contributed by atoms with van der Waals surface area (Å²) in [5.41, 5.74) is 2.29. The second-order valence-corrected chi connectivity index (χ2v) is 5.80. The van der Waals surface area contributed by atoms with Gasteiger partial charge in [-0.3, -0.25) is 0 Å². The Labute approximate surface area is 65.4 Å². The van der Waals surface area contributed by atoms with Crippen molar-refractivity contribution in [3.05, 3.63) is 0 Å². The van der Waals surface area contributed by atoms with E-state index >= 15 is 0 Å². The molecule has 0 aliphatic rings. The molecule has 9 heavy (non-hydrogen) atoms. The first-order valence-corrected chi connectivity index (χ1v) is 4.95. The Balaban J connectivity index is 3.27. The van der Waals surface area contributed by atoms with Gasteiger partial charge in [0.05, 0.1) is 0 Å². The number of hydroxylamine groups is 1. The molecule has 1 amide bonds. The number of alkyl halides is 1. The summed E-state index contributed by atoms with van der Waals surface area (Å²) in [6, 6.07) is 0. The Hall–Kier alpha value is 0.160. The summed E-state index contributed by atoms with van der Waals surface area (Å²) in [4.78, 5) is 15.1. The number of halogens is 1. The number of carbonyl (C=O) groups is 1. The van der Waals surface area contributed by atoms with Gasteiger partial charge in [-0.05, 0) is 0 Å². The van der Waals surface area contributed by atoms with E-state index in [4.69, 9.17) is 0 Å². The van der Waals surface area contributed by atoms with Crippen LogP contribution < -0.4 is 26.7 Å². The maximum absolute atomic E-state index is 10.7. The van der Waals surface area contributed by atoms with Gasteiger partial charge < -0.3 is 0 Å². The average Bonchev–Trinajstić information content (AvgIpc) is 1.63. The Morgan fingerprint density at radius 1 is 1.67 bits per heavy atom. The molecule has 0 spiro atoms. The zero-order valence-electron chi connectivity index (χ0n) is 5.77. The molecule has 0 aliphatic carbocycles. The summed E-state index contributed by atoms with van der Waals surface area (Å²) < 4.78 is 0.547. The first-order valence-electron chi connectivity index (χ1n) is 2.63. The number of nitrogens with one attached hydrogen (secondary N) is 1. The number of hydrogen-bond acceptors (Lipinski definition) is 2. The molecular formula is C5H11INO2-. The SMILES string of the molecule is CONC(=O)[I-]C(C)C. The molecule has 0 unspecified atom stereocenters. The zero-order valence-corrected chi connectivity index (χ0v) is 7.93. The van der Waals surface area contributed by atoms with E-state index in [-0.39, 0.29) is 25.1 Å². The van der Waals surface area contributed by atoms with Crippen LogP contribution in [0.5, 0.6) is 0 Å². The van der Waals surface area contributed by atoms with Gasteiger partial charge in [0.25, 0.3) is 0 Å². The van der Waals surface area contributed by atoms with Crippen LogP contribution in [0.2, 0.25) is 0 Å². The van der Waals surface area contributed by atoms with Crippen LogP contribution in [0.3, 0.4) is 0 Å². The third-order valence-electron chi connectivity index (χ3n) is 0.500. The summed E-state index contributed by atoms with van der Waals surface area (Å²) in [6.07, 6.45) is 0. The monoisotopic (exact) mass is 244 g/mol. The molecule has 0 bridgehead atoms. The Morgan fingerprint density at radius 2 is 2.22 bits per heavy atom. The molecule has 4 heteroatoms. The molecule has 0 aromatic rings. The maximum atomic E-state index is 10.7. The summed E-state index contributed by atoms with van der Waals surface area (Å²) in [5.74, 6) is 0. The van der Waals surface area contributed by atoms with E-state index in [2.05, 4.69) is 10.3 Å². The van der Waals surface area contributed by atoms with E-state index in [1.54, 1.807) is 0 Å². The molecule has 0 saturated heterocycles. The molecule has 56 valence electrons. The first-order chi connectivity index (χ1) is 4.16. The minimum atomic E-state index is -0.379. The average molecular weight is 244 g/mol. The van der Waals surface area contributed by atoms with Gasteiger partial charge in [0.1, 0.15) is 0 Å². The third kappa shape index (κ3) is 6.04. The van der Waals surface area contributed by atoms with Crippen molar-refractivity contribution < 1.29 is 30.8 Å². The molecular weight excluding hydrogens is 233 g/mol. The molecule has 0 atom stereocenters. The summed E-state index contributed by atoms with van der Waals surface area (Å²) in [5, 5.41) is 0. The second kappa shape index (κ2) is 4.99. The van der Waals surface area contributed by atoms with Crippen molar-refractivity contribution in [3.8, 4) is 0 Å². The van der Waals surface area contributed by atoms with E-state index in [0.717, 1.165) is 0 Å². The quantitative estimate of drug-likeness (QED) is 0.200. The number of amides is 1. The van der Waals surface area contributed by atoms with Crippen LogP contribution in [0.15, 0.2) is 0 Å². The number of hydrogen-bond donors (Lipinski definition) is 1. The summed E-state index contributed by atoms with van der Waals surface area (Å²) >= 11 is -0.379. The van der Waals surface area contributed by atoms with Gasteiger partial charge in [0.2, 0.25) is 0 Å². The molecule has 0 aliphatic heterocycles. The van der Waals surface area contributed by atoms with E-state index in [1.807, 2.05) is 13.8 Å². The van der Waals surface area contributed by atoms with Crippen molar-refractivity contribution in [1.82, 2.24) is 5.48 Å². The van der Waals surface area contributed by atoms with Crippen molar-refractivity contribution in [3.63, 3.8) is 0 Å². The van der Waals surface area contributed by atoms with Crippen LogP contribution in [0.25, 0.3) is 0 Å². The van der Waals surface area contributed by atoms with Gasteiger partial charge in [-0.1, -0.05) is 0 Å². The first kappa shape index (κ1) is 9.16. The van der Waals surface area contributed by atoms with Gasteiger partial charge in [-0.25, -0.2) is 0 Å². The molecule has 0 rings (SSSR count). The van der Waals surface area contributed by atoms with Crippen LogP contribution >= 0.6 is 0 Å². The predicted octanol–water partition coefficient (Wildman–Crippen LogP) is -2.25. The topological polar surface area (TPSA) is 38.3 Å². The standard InChI is InChI=1S/C5H11INO2/c1-4(2)6-5(8)7-9-3/h4H,1-3H3,(H,7,8)/q-1.